The Morgan fingerprint density at radius 2 is 1.94 bits per heavy atom. The van der Waals surface area contributed by atoms with E-state index in [0.717, 1.165) is 0 Å². The molecule has 2 heterocycles. The number of carbonyl (C=O) groups is 3. The van der Waals surface area contributed by atoms with Crippen LogP contribution in [0.15, 0.2) is 42.2 Å². The number of ketones is 1. The maximum atomic E-state index is 12.6. The molecule has 0 saturated heterocycles. The summed E-state index contributed by atoms with van der Waals surface area (Å²) in [6, 6.07) is 8.30. The minimum absolute atomic E-state index is 0.121. The van der Waals surface area contributed by atoms with Gasteiger partial charge in [-0.15, -0.1) is 0 Å². The molecular weight excluding hydrogens is 410 g/mol. The number of rotatable bonds is 7. The zero-order chi connectivity index (χ0) is 22.0. The van der Waals surface area contributed by atoms with Crippen LogP contribution >= 0.6 is 0 Å². The molecule has 0 aromatic heterocycles. The van der Waals surface area contributed by atoms with E-state index < -0.39 is 31.1 Å². The Labute approximate surface area is 175 Å². The number of aliphatic hydroxyl groups excluding tert-OH is 1. The summed E-state index contributed by atoms with van der Waals surface area (Å²) in [6.07, 6.45) is 1.58. The van der Waals surface area contributed by atoms with Crippen LogP contribution in [0.3, 0.4) is 0 Å². The summed E-state index contributed by atoms with van der Waals surface area (Å²) in [5.41, 5.74) is 1.04. The monoisotopic (exact) mass is 427 g/mol. The van der Waals surface area contributed by atoms with Gasteiger partial charge in [0, 0.05) is 6.07 Å². The zero-order valence-corrected chi connectivity index (χ0v) is 16.0. The second-order valence-electron chi connectivity index (χ2n) is 6.64. The van der Waals surface area contributed by atoms with E-state index in [4.69, 9.17) is 29.2 Å². The second-order valence-corrected chi connectivity index (χ2v) is 6.64. The van der Waals surface area contributed by atoms with E-state index in [1.165, 1.54) is 18.2 Å². The van der Waals surface area contributed by atoms with Crippen LogP contribution in [0.1, 0.15) is 15.9 Å². The van der Waals surface area contributed by atoms with E-state index in [2.05, 4.69) is 5.32 Å². The number of Topliss-reactive ketones (excluding diaryl/α,β-unsaturated/α-hetero) is 1. The molecule has 2 aliphatic heterocycles. The first-order valence-electron chi connectivity index (χ1n) is 9.18. The Hall–Kier alpha value is -4.05. The Morgan fingerprint density at radius 3 is 2.71 bits per heavy atom. The minimum atomic E-state index is -1.42. The van der Waals surface area contributed by atoms with E-state index in [1.807, 2.05) is 0 Å². The van der Waals surface area contributed by atoms with Gasteiger partial charge in [0.2, 0.25) is 12.6 Å². The number of carboxylic acid groups (broad SMARTS) is 1. The Kier molecular flexibility index (Phi) is 5.46. The number of carboxylic acids is 1. The number of aliphatic hydroxyl groups is 1. The molecule has 1 atom stereocenters. The minimum Gasteiger partial charge on any atom is -0.484 e. The van der Waals surface area contributed by atoms with Crippen molar-refractivity contribution in [2.75, 3.05) is 20.0 Å². The highest BCUT2D eigenvalue weighted by Gasteiger charge is 2.28. The fourth-order valence-electron chi connectivity index (χ4n) is 2.98. The number of carbonyl (C=O) groups excluding carboxylic acids is 2. The smallest absolute Gasteiger partial charge is 0.328 e. The molecule has 0 aliphatic carbocycles. The largest absolute Gasteiger partial charge is 0.484 e. The van der Waals surface area contributed by atoms with Crippen molar-refractivity contribution in [1.82, 2.24) is 5.32 Å². The SMILES string of the molecule is O=C(COc1ccc2c(c1)O/C(=C\c1ccc3c(c1)OCO3)C2=O)N[C@@H](CO)C(=O)O. The third kappa shape index (κ3) is 4.28. The fourth-order valence-corrected chi connectivity index (χ4v) is 2.98. The summed E-state index contributed by atoms with van der Waals surface area (Å²) in [6.45, 7) is -1.07. The lowest BCUT2D eigenvalue weighted by atomic mass is 10.1. The van der Waals surface area contributed by atoms with Gasteiger partial charge in [-0.1, -0.05) is 6.07 Å². The number of aliphatic carboxylic acids is 1. The molecule has 1 amide bonds. The van der Waals surface area contributed by atoms with Crippen molar-refractivity contribution in [2.45, 2.75) is 6.04 Å². The van der Waals surface area contributed by atoms with Gasteiger partial charge in [-0.05, 0) is 35.9 Å². The summed E-state index contributed by atoms with van der Waals surface area (Å²) in [7, 11) is 0. The van der Waals surface area contributed by atoms with Crippen LogP contribution in [0, 0.1) is 0 Å². The van der Waals surface area contributed by atoms with E-state index in [9.17, 15) is 14.4 Å². The number of hydrogen-bond acceptors (Lipinski definition) is 8. The number of allylic oxidation sites excluding steroid dienone is 1. The predicted molar refractivity (Wildman–Crippen MR) is 104 cm³/mol. The highest BCUT2D eigenvalue weighted by molar-refractivity contribution is 6.14. The van der Waals surface area contributed by atoms with Crippen molar-refractivity contribution in [3.8, 4) is 23.0 Å². The molecule has 160 valence electrons. The standard InChI is InChI=1S/C21H17NO9/c23-8-14(21(26)27)22-19(24)9-28-12-2-3-13-16(7-12)31-18(20(13)25)6-11-1-4-15-17(5-11)30-10-29-15/h1-7,14,23H,8-10H2,(H,22,24)(H,26,27)/b18-6-/t14-/m0/s1. The molecule has 10 heteroatoms. The number of ether oxygens (including phenoxy) is 4. The van der Waals surface area contributed by atoms with Crippen molar-refractivity contribution in [1.29, 1.82) is 0 Å². The molecule has 0 fully saturated rings. The van der Waals surface area contributed by atoms with Gasteiger partial charge in [0.1, 0.15) is 17.5 Å². The van der Waals surface area contributed by atoms with Gasteiger partial charge in [0.25, 0.3) is 5.91 Å². The molecule has 0 saturated carbocycles. The molecule has 2 aromatic rings. The van der Waals surface area contributed by atoms with E-state index in [1.54, 1.807) is 24.3 Å². The van der Waals surface area contributed by atoms with Crippen LogP contribution in [0.4, 0.5) is 0 Å². The lowest BCUT2D eigenvalue weighted by Gasteiger charge is -2.12. The predicted octanol–water partition coefficient (Wildman–Crippen LogP) is 0.972. The summed E-state index contributed by atoms with van der Waals surface area (Å²) < 4.78 is 21.6. The molecule has 4 rings (SSSR count). The lowest BCUT2D eigenvalue weighted by molar-refractivity contribution is -0.143. The maximum Gasteiger partial charge on any atom is 0.328 e. The van der Waals surface area contributed by atoms with Crippen LogP contribution < -0.4 is 24.3 Å². The van der Waals surface area contributed by atoms with Gasteiger partial charge in [0.15, 0.2) is 23.9 Å². The highest BCUT2D eigenvalue weighted by Crippen LogP contribution is 2.37. The fraction of sp³-hybridized carbons (Fsp3) is 0.190. The Balaban J connectivity index is 1.42. The van der Waals surface area contributed by atoms with Crippen molar-refractivity contribution in [2.24, 2.45) is 0 Å². The maximum absolute atomic E-state index is 12.6. The second kappa shape index (κ2) is 8.36. The van der Waals surface area contributed by atoms with Gasteiger partial charge in [-0.2, -0.15) is 0 Å². The summed E-state index contributed by atoms with van der Waals surface area (Å²) in [5, 5.41) is 19.9. The number of benzene rings is 2. The number of amides is 1. The summed E-state index contributed by atoms with van der Waals surface area (Å²) in [4.78, 5) is 35.2. The van der Waals surface area contributed by atoms with E-state index in [-0.39, 0.29) is 29.8 Å². The van der Waals surface area contributed by atoms with Crippen LogP contribution in [0.2, 0.25) is 0 Å². The van der Waals surface area contributed by atoms with Gasteiger partial charge >= 0.3 is 5.97 Å². The first kappa shape index (κ1) is 20.2. The normalized spacial score (nSPS) is 15.9. The molecule has 0 radical (unpaired) electrons. The average molecular weight is 427 g/mol. The van der Waals surface area contributed by atoms with E-state index in [0.29, 0.717) is 22.6 Å². The van der Waals surface area contributed by atoms with Crippen molar-refractivity contribution in [3.63, 3.8) is 0 Å². The van der Waals surface area contributed by atoms with Crippen molar-refractivity contribution < 1.29 is 43.5 Å². The van der Waals surface area contributed by atoms with Gasteiger partial charge in [-0.3, -0.25) is 9.59 Å². The number of fused-ring (bicyclic) bond motifs is 2. The first-order chi connectivity index (χ1) is 14.9. The Bertz CT molecular complexity index is 1090. The van der Waals surface area contributed by atoms with Crippen molar-refractivity contribution >= 4 is 23.7 Å². The third-order valence-corrected chi connectivity index (χ3v) is 4.52. The summed E-state index contributed by atoms with van der Waals surface area (Å²) in [5.74, 6) is -0.526. The van der Waals surface area contributed by atoms with Crippen LogP contribution in [0.25, 0.3) is 6.08 Å². The summed E-state index contributed by atoms with van der Waals surface area (Å²) >= 11 is 0. The lowest BCUT2D eigenvalue weighted by Crippen LogP contribution is -2.45. The molecule has 0 bridgehead atoms. The molecule has 3 N–H and O–H groups in total. The third-order valence-electron chi connectivity index (χ3n) is 4.52. The zero-order valence-electron chi connectivity index (χ0n) is 16.0. The van der Waals surface area contributed by atoms with Gasteiger partial charge < -0.3 is 34.5 Å². The van der Waals surface area contributed by atoms with Crippen LogP contribution in [-0.2, 0) is 9.59 Å². The average Bonchev–Trinajstić information content (AvgIpc) is 3.34. The molecule has 0 spiro atoms. The molecular formula is C21H17NO9. The van der Waals surface area contributed by atoms with Gasteiger partial charge in [0.05, 0.1) is 12.2 Å². The Morgan fingerprint density at radius 1 is 1.13 bits per heavy atom. The van der Waals surface area contributed by atoms with Gasteiger partial charge in [-0.25, -0.2) is 4.79 Å². The molecule has 2 aromatic carbocycles. The molecule has 10 nitrogen and oxygen atoms in total. The van der Waals surface area contributed by atoms with Crippen LogP contribution in [0.5, 0.6) is 23.0 Å². The van der Waals surface area contributed by atoms with E-state index >= 15 is 0 Å². The molecule has 0 unspecified atom stereocenters. The molecule has 2 aliphatic rings. The first-order valence-corrected chi connectivity index (χ1v) is 9.18. The van der Waals surface area contributed by atoms with Crippen LogP contribution in [-0.4, -0.2) is 53.9 Å². The molecule has 31 heavy (non-hydrogen) atoms. The highest BCUT2D eigenvalue weighted by atomic mass is 16.7. The quantitative estimate of drug-likeness (QED) is 0.551. The van der Waals surface area contributed by atoms with Crippen molar-refractivity contribution in [3.05, 3.63) is 53.3 Å². The topological polar surface area (TPSA) is 141 Å². The number of nitrogens with one attached hydrogen (secondary N) is 1. The number of hydrogen-bond donors (Lipinski definition) is 3.